The second-order valence-electron chi connectivity index (χ2n) is 5.69. The molecule has 1 aliphatic rings. The minimum atomic E-state index is -3.55. The van der Waals surface area contributed by atoms with E-state index in [4.69, 9.17) is 5.11 Å². The summed E-state index contributed by atoms with van der Waals surface area (Å²) in [5.74, 6) is -1.10. The molecule has 0 atom stereocenters. The average molecular weight is 354 g/mol. The number of hydrogen-bond acceptors (Lipinski definition) is 4. The Kier molecular flexibility index (Phi) is 4.39. The predicted octanol–water partition coefficient (Wildman–Crippen LogP) is 2.60. The number of rotatable bonds is 3. The van der Waals surface area contributed by atoms with Crippen LogP contribution in [0.15, 0.2) is 29.2 Å². The number of fused-ring (bicyclic) bond motifs is 1. The van der Waals surface area contributed by atoms with E-state index in [1.807, 2.05) is 0 Å². The minimum Gasteiger partial charge on any atom is -0.477 e. The van der Waals surface area contributed by atoms with E-state index in [1.165, 1.54) is 26.5 Å². The van der Waals surface area contributed by atoms with Crippen molar-refractivity contribution in [2.24, 2.45) is 0 Å². The fourth-order valence-electron chi connectivity index (χ4n) is 2.92. The monoisotopic (exact) mass is 354 g/mol. The first-order valence-corrected chi connectivity index (χ1v) is 9.33. The standard InChI is InChI=1S/C15H18N2O4S2/c18-15(19)14-10-11-9-12(5-6-13(11)17(14)22)23(20,21)16-7-3-1-2-4-8-16/h5-6,9-10,22H,1-4,7-8H2,(H,18,19). The number of sulfonamides is 1. The maximum absolute atomic E-state index is 12.8. The number of hydrogen-bond donors (Lipinski definition) is 2. The molecule has 23 heavy (non-hydrogen) atoms. The van der Waals surface area contributed by atoms with Crippen molar-refractivity contribution in [1.82, 2.24) is 8.28 Å². The topological polar surface area (TPSA) is 79.6 Å². The average Bonchev–Trinajstić information content (AvgIpc) is 2.69. The maximum atomic E-state index is 12.8. The molecule has 0 radical (unpaired) electrons. The van der Waals surface area contributed by atoms with Crippen molar-refractivity contribution < 1.29 is 18.3 Å². The molecule has 6 nitrogen and oxygen atoms in total. The normalized spacial score (nSPS) is 17.3. The lowest BCUT2D eigenvalue weighted by Crippen LogP contribution is -2.31. The Hall–Kier alpha value is -1.51. The van der Waals surface area contributed by atoms with Crippen LogP contribution in [-0.4, -0.2) is 40.9 Å². The predicted molar refractivity (Wildman–Crippen MR) is 90.5 cm³/mol. The number of benzene rings is 1. The van der Waals surface area contributed by atoms with E-state index in [9.17, 15) is 13.2 Å². The number of carboxylic acid groups (broad SMARTS) is 1. The lowest BCUT2D eigenvalue weighted by atomic mass is 10.2. The number of aromatic nitrogens is 1. The van der Waals surface area contributed by atoms with Crippen molar-refractivity contribution >= 4 is 39.7 Å². The molecule has 124 valence electrons. The minimum absolute atomic E-state index is 0.00709. The molecule has 8 heteroatoms. The molecule has 0 bridgehead atoms. The van der Waals surface area contributed by atoms with Gasteiger partial charge < -0.3 is 5.11 Å². The van der Waals surface area contributed by atoms with Crippen molar-refractivity contribution in [2.75, 3.05) is 13.1 Å². The SMILES string of the molecule is O=C(O)c1cc2cc(S(=O)(=O)N3CCCCCC3)ccc2n1S. The zero-order valence-corrected chi connectivity index (χ0v) is 14.2. The molecule has 1 aliphatic heterocycles. The van der Waals surface area contributed by atoms with Crippen LogP contribution in [-0.2, 0) is 10.0 Å². The Bertz CT molecular complexity index is 850. The molecule has 0 spiro atoms. The molecular weight excluding hydrogens is 336 g/mol. The van der Waals surface area contributed by atoms with E-state index < -0.39 is 16.0 Å². The van der Waals surface area contributed by atoms with Crippen molar-refractivity contribution in [3.63, 3.8) is 0 Å². The maximum Gasteiger partial charge on any atom is 0.353 e. The largest absolute Gasteiger partial charge is 0.477 e. The second kappa shape index (κ2) is 6.18. The highest BCUT2D eigenvalue weighted by atomic mass is 32.2. The van der Waals surface area contributed by atoms with Crippen molar-refractivity contribution in [1.29, 1.82) is 0 Å². The van der Waals surface area contributed by atoms with E-state index in [0.29, 0.717) is 24.0 Å². The van der Waals surface area contributed by atoms with Gasteiger partial charge in [0.05, 0.1) is 10.4 Å². The molecule has 0 unspecified atom stereocenters. The molecule has 3 rings (SSSR count). The molecule has 0 amide bonds. The number of carboxylic acids is 1. The van der Waals surface area contributed by atoms with Gasteiger partial charge in [0.2, 0.25) is 10.0 Å². The van der Waals surface area contributed by atoms with E-state index in [0.717, 1.165) is 25.7 Å². The van der Waals surface area contributed by atoms with Crippen LogP contribution < -0.4 is 0 Å². The van der Waals surface area contributed by atoms with Crippen LogP contribution in [0.2, 0.25) is 0 Å². The molecule has 1 aromatic heterocycles. The van der Waals surface area contributed by atoms with Gasteiger partial charge in [-0.3, -0.25) is 3.97 Å². The third-order valence-corrected chi connectivity index (χ3v) is 6.50. The summed E-state index contributed by atoms with van der Waals surface area (Å²) in [6, 6.07) is 6.07. The molecule has 0 saturated carbocycles. The van der Waals surface area contributed by atoms with Gasteiger partial charge in [-0.05, 0) is 37.1 Å². The molecular formula is C15H18N2O4S2. The van der Waals surface area contributed by atoms with Crippen molar-refractivity contribution in [3.8, 4) is 0 Å². The molecule has 1 fully saturated rings. The summed E-state index contributed by atoms with van der Waals surface area (Å²) in [5.41, 5.74) is 0.577. The Morgan fingerprint density at radius 3 is 2.35 bits per heavy atom. The van der Waals surface area contributed by atoms with Crippen molar-refractivity contribution in [3.05, 3.63) is 30.0 Å². The molecule has 0 aliphatic carbocycles. The van der Waals surface area contributed by atoms with Crippen molar-refractivity contribution in [2.45, 2.75) is 30.6 Å². The summed E-state index contributed by atoms with van der Waals surface area (Å²) in [7, 11) is -3.55. The van der Waals surface area contributed by atoms with Crippen LogP contribution in [0.5, 0.6) is 0 Å². The van der Waals surface area contributed by atoms with E-state index in [1.54, 1.807) is 6.07 Å². The molecule has 1 N–H and O–H groups in total. The van der Waals surface area contributed by atoms with Gasteiger partial charge in [0.15, 0.2) is 0 Å². The third kappa shape index (κ3) is 2.98. The first-order chi connectivity index (χ1) is 10.9. The van der Waals surface area contributed by atoms with E-state index >= 15 is 0 Å². The highest BCUT2D eigenvalue weighted by Crippen LogP contribution is 2.27. The third-order valence-electron chi connectivity index (χ3n) is 4.17. The summed E-state index contributed by atoms with van der Waals surface area (Å²) in [6.07, 6.45) is 3.85. The lowest BCUT2D eigenvalue weighted by Gasteiger charge is -2.19. The quantitative estimate of drug-likeness (QED) is 0.831. The Morgan fingerprint density at radius 2 is 1.74 bits per heavy atom. The fourth-order valence-corrected chi connectivity index (χ4v) is 4.80. The van der Waals surface area contributed by atoms with E-state index in [2.05, 4.69) is 12.8 Å². The van der Waals surface area contributed by atoms with E-state index in [-0.39, 0.29) is 10.6 Å². The van der Waals surface area contributed by atoms with Crippen LogP contribution in [0.4, 0.5) is 0 Å². The molecule has 2 heterocycles. The second-order valence-corrected chi connectivity index (χ2v) is 8.02. The Labute approximate surface area is 140 Å². The molecule has 2 aromatic rings. The highest BCUT2D eigenvalue weighted by Gasteiger charge is 2.26. The van der Waals surface area contributed by atoms with Crippen LogP contribution in [0.25, 0.3) is 10.9 Å². The van der Waals surface area contributed by atoms with Crippen LogP contribution in [0, 0.1) is 0 Å². The van der Waals surface area contributed by atoms with Gasteiger partial charge in [-0.1, -0.05) is 25.7 Å². The summed E-state index contributed by atoms with van der Waals surface area (Å²) in [5, 5.41) is 9.68. The van der Waals surface area contributed by atoms with Gasteiger partial charge in [-0.25, -0.2) is 13.2 Å². The smallest absolute Gasteiger partial charge is 0.353 e. The molecule has 1 saturated heterocycles. The summed E-state index contributed by atoms with van der Waals surface area (Å²) in [4.78, 5) is 11.4. The summed E-state index contributed by atoms with van der Waals surface area (Å²) < 4.78 is 28.4. The van der Waals surface area contributed by atoms with Gasteiger partial charge in [0.1, 0.15) is 5.69 Å². The first kappa shape index (κ1) is 16.4. The van der Waals surface area contributed by atoms with Crippen LogP contribution in [0.1, 0.15) is 36.2 Å². The number of nitrogens with zero attached hydrogens (tertiary/aromatic N) is 2. The molecule has 1 aromatic carbocycles. The Balaban J connectivity index is 2.04. The first-order valence-electron chi connectivity index (χ1n) is 7.49. The van der Waals surface area contributed by atoms with Gasteiger partial charge in [0, 0.05) is 18.5 Å². The zero-order valence-electron chi connectivity index (χ0n) is 12.5. The van der Waals surface area contributed by atoms with Crippen LogP contribution in [0.3, 0.4) is 0 Å². The number of thiol groups is 1. The van der Waals surface area contributed by atoms with Gasteiger partial charge >= 0.3 is 5.97 Å². The van der Waals surface area contributed by atoms with Gasteiger partial charge in [-0.2, -0.15) is 4.31 Å². The van der Waals surface area contributed by atoms with Gasteiger partial charge in [-0.15, -0.1) is 0 Å². The Morgan fingerprint density at radius 1 is 1.09 bits per heavy atom. The lowest BCUT2D eigenvalue weighted by molar-refractivity contribution is 0.0690. The van der Waals surface area contributed by atoms with Gasteiger partial charge in [0.25, 0.3) is 0 Å². The summed E-state index contributed by atoms with van der Waals surface area (Å²) >= 11 is 4.15. The zero-order chi connectivity index (χ0) is 16.6. The highest BCUT2D eigenvalue weighted by molar-refractivity contribution is 7.89. The number of carbonyl (C=O) groups is 1. The van der Waals surface area contributed by atoms with Crippen LogP contribution >= 0.6 is 12.8 Å². The fraction of sp³-hybridized carbons (Fsp3) is 0.400. The number of aromatic carboxylic acids is 1. The summed E-state index contributed by atoms with van der Waals surface area (Å²) in [6.45, 7) is 1.07.